The SMILES string of the molecule is O=c1[nH]c(Cc2ccccc2OCCN2CCOCC2)nc2c1nnn2C1CCCC1. The fraction of sp³-hybridized carbons (Fsp3) is 0.545. The molecule has 1 aliphatic heterocycles. The van der Waals surface area contributed by atoms with E-state index >= 15 is 0 Å². The number of hydrogen-bond acceptors (Lipinski definition) is 7. The van der Waals surface area contributed by atoms with E-state index in [1.54, 1.807) is 0 Å². The summed E-state index contributed by atoms with van der Waals surface area (Å²) in [5.74, 6) is 1.42. The zero-order valence-corrected chi connectivity index (χ0v) is 17.6. The first-order chi connectivity index (χ1) is 15.3. The van der Waals surface area contributed by atoms with Crippen LogP contribution in [-0.4, -0.2) is 69.3 Å². The Morgan fingerprint density at radius 1 is 1.16 bits per heavy atom. The number of H-pyrrole nitrogens is 1. The third kappa shape index (κ3) is 4.47. The van der Waals surface area contributed by atoms with E-state index in [-0.39, 0.29) is 11.6 Å². The molecule has 0 atom stereocenters. The van der Waals surface area contributed by atoms with E-state index < -0.39 is 0 Å². The summed E-state index contributed by atoms with van der Waals surface area (Å²) in [4.78, 5) is 22.5. The van der Waals surface area contributed by atoms with E-state index in [0.29, 0.717) is 30.0 Å². The summed E-state index contributed by atoms with van der Waals surface area (Å²) in [5.41, 5.74) is 1.64. The lowest BCUT2D eigenvalue weighted by Crippen LogP contribution is -2.38. The molecule has 5 rings (SSSR count). The number of fused-ring (bicyclic) bond motifs is 1. The molecule has 3 heterocycles. The molecule has 31 heavy (non-hydrogen) atoms. The second-order valence-corrected chi connectivity index (χ2v) is 8.24. The maximum atomic E-state index is 12.6. The summed E-state index contributed by atoms with van der Waals surface area (Å²) in [6.45, 7) is 4.93. The quantitative estimate of drug-likeness (QED) is 0.619. The maximum Gasteiger partial charge on any atom is 0.281 e. The molecule has 2 fully saturated rings. The van der Waals surface area contributed by atoms with Gasteiger partial charge in [0, 0.05) is 31.6 Å². The molecule has 0 amide bonds. The van der Waals surface area contributed by atoms with Gasteiger partial charge in [-0.2, -0.15) is 0 Å². The second kappa shape index (κ2) is 9.15. The Morgan fingerprint density at radius 3 is 2.81 bits per heavy atom. The molecular weight excluding hydrogens is 396 g/mol. The van der Waals surface area contributed by atoms with Crippen LogP contribution in [0.2, 0.25) is 0 Å². The first-order valence-electron chi connectivity index (χ1n) is 11.1. The Morgan fingerprint density at radius 2 is 1.97 bits per heavy atom. The van der Waals surface area contributed by atoms with Gasteiger partial charge in [-0.05, 0) is 18.9 Å². The number of rotatable bonds is 7. The van der Waals surface area contributed by atoms with Gasteiger partial charge in [0.2, 0.25) is 0 Å². The van der Waals surface area contributed by atoms with Crippen molar-refractivity contribution in [3.63, 3.8) is 0 Å². The predicted octanol–water partition coefficient (Wildman–Crippen LogP) is 1.93. The van der Waals surface area contributed by atoms with Crippen LogP contribution < -0.4 is 10.3 Å². The number of benzene rings is 1. The van der Waals surface area contributed by atoms with Gasteiger partial charge in [-0.15, -0.1) is 5.10 Å². The third-order valence-electron chi connectivity index (χ3n) is 6.15. The molecule has 0 bridgehead atoms. The summed E-state index contributed by atoms with van der Waals surface area (Å²) < 4.78 is 13.3. The predicted molar refractivity (Wildman–Crippen MR) is 115 cm³/mol. The first-order valence-corrected chi connectivity index (χ1v) is 11.1. The van der Waals surface area contributed by atoms with Crippen molar-refractivity contribution in [1.29, 1.82) is 0 Å². The Labute approximate surface area is 180 Å². The van der Waals surface area contributed by atoms with Crippen LogP contribution in [0, 0.1) is 0 Å². The molecule has 1 N–H and O–H groups in total. The van der Waals surface area contributed by atoms with Crippen molar-refractivity contribution in [2.75, 3.05) is 39.5 Å². The number of aromatic nitrogens is 5. The van der Waals surface area contributed by atoms with Gasteiger partial charge in [-0.1, -0.05) is 36.3 Å². The molecule has 2 aromatic heterocycles. The molecule has 9 nitrogen and oxygen atoms in total. The van der Waals surface area contributed by atoms with Crippen LogP contribution in [0.1, 0.15) is 43.1 Å². The van der Waals surface area contributed by atoms with Crippen molar-refractivity contribution < 1.29 is 9.47 Å². The minimum atomic E-state index is -0.241. The number of hydrogen-bond donors (Lipinski definition) is 1. The topological polar surface area (TPSA) is 98.2 Å². The van der Waals surface area contributed by atoms with Gasteiger partial charge in [0.1, 0.15) is 18.2 Å². The minimum Gasteiger partial charge on any atom is -0.492 e. The van der Waals surface area contributed by atoms with Crippen molar-refractivity contribution in [3.05, 3.63) is 46.0 Å². The zero-order valence-electron chi connectivity index (χ0n) is 17.6. The van der Waals surface area contributed by atoms with Gasteiger partial charge >= 0.3 is 0 Å². The normalized spacial score (nSPS) is 18.1. The molecule has 0 unspecified atom stereocenters. The summed E-state index contributed by atoms with van der Waals surface area (Å²) in [6.07, 6.45) is 4.95. The van der Waals surface area contributed by atoms with Crippen LogP contribution >= 0.6 is 0 Å². The van der Waals surface area contributed by atoms with E-state index in [1.807, 2.05) is 28.9 Å². The summed E-state index contributed by atoms with van der Waals surface area (Å²) in [6, 6.07) is 8.20. The lowest BCUT2D eigenvalue weighted by Gasteiger charge is -2.26. The molecule has 1 aliphatic carbocycles. The van der Waals surface area contributed by atoms with Crippen LogP contribution in [0.25, 0.3) is 11.2 Å². The number of nitrogens with one attached hydrogen (secondary N) is 1. The highest BCUT2D eigenvalue weighted by Crippen LogP contribution is 2.30. The van der Waals surface area contributed by atoms with Crippen LogP contribution in [0.4, 0.5) is 0 Å². The molecule has 164 valence electrons. The molecule has 9 heteroatoms. The van der Waals surface area contributed by atoms with E-state index in [9.17, 15) is 4.79 Å². The number of morpholine rings is 1. The molecular formula is C22H28N6O3. The van der Waals surface area contributed by atoms with Crippen molar-refractivity contribution in [2.24, 2.45) is 0 Å². The van der Waals surface area contributed by atoms with Gasteiger partial charge in [-0.25, -0.2) is 9.67 Å². The highest BCUT2D eigenvalue weighted by Gasteiger charge is 2.22. The Bertz CT molecular complexity index is 1080. The van der Waals surface area contributed by atoms with Gasteiger partial charge in [0.05, 0.1) is 19.3 Å². The first kappa shape index (κ1) is 20.1. The highest BCUT2D eigenvalue weighted by molar-refractivity contribution is 5.68. The molecule has 0 spiro atoms. The van der Waals surface area contributed by atoms with Crippen molar-refractivity contribution in [3.8, 4) is 5.75 Å². The number of aromatic amines is 1. The van der Waals surface area contributed by atoms with E-state index in [2.05, 4.69) is 20.2 Å². The maximum absolute atomic E-state index is 12.6. The second-order valence-electron chi connectivity index (χ2n) is 8.24. The van der Waals surface area contributed by atoms with Crippen LogP contribution in [0.3, 0.4) is 0 Å². The van der Waals surface area contributed by atoms with Crippen molar-refractivity contribution >= 4 is 11.2 Å². The Hall–Kier alpha value is -2.78. The Balaban J connectivity index is 1.33. The lowest BCUT2D eigenvalue weighted by atomic mass is 10.1. The third-order valence-corrected chi connectivity index (χ3v) is 6.15. The fourth-order valence-corrected chi connectivity index (χ4v) is 4.44. The minimum absolute atomic E-state index is 0.241. The van der Waals surface area contributed by atoms with Gasteiger partial charge in [0.15, 0.2) is 11.2 Å². The molecule has 3 aromatic rings. The van der Waals surface area contributed by atoms with Gasteiger partial charge in [-0.3, -0.25) is 9.69 Å². The van der Waals surface area contributed by atoms with E-state index in [4.69, 9.17) is 14.5 Å². The average Bonchev–Trinajstić information content (AvgIpc) is 3.46. The molecule has 1 aromatic carbocycles. The smallest absolute Gasteiger partial charge is 0.281 e. The monoisotopic (exact) mass is 424 g/mol. The van der Waals surface area contributed by atoms with Gasteiger partial charge in [0.25, 0.3) is 5.56 Å². The summed E-state index contributed by atoms with van der Waals surface area (Å²) in [7, 11) is 0. The molecule has 0 radical (unpaired) electrons. The van der Waals surface area contributed by atoms with Gasteiger partial charge < -0.3 is 14.5 Å². The van der Waals surface area contributed by atoms with E-state index in [1.165, 1.54) is 12.8 Å². The van der Waals surface area contributed by atoms with Crippen LogP contribution in [-0.2, 0) is 11.2 Å². The zero-order chi connectivity index (χ0) is 21.0. The standard InChI is InChI=1S/C22H28N6O3/c29-22-20-21(28(26-25-20)17-6-2-3-7-17)23-19(24-22)15-16-5-1-4-8-18(16)31-14-11-27-9-12-30-13-10-27/h1,4-5,8,17H,2-3,6-7,9-15H2,(H,23,24,29). The number of para-hydroxylation sites is 1. The largest absolute Gasteiger partial charge is 0.492 e. The lowest BCUT2D eigenvalue weighted by molar-refractivity contribution is 0.0322. The summed E-state index contributed by atoms with van der Waals surface area (Å²) in [5, 5.41) is 8.32. The van der Waals surface area contributed by atoms with Crippen molar-refractivity contribution in [2.45, 2.75) is 38.1 Å². The van der Waals surface area contributed by atoms with Crippen LogP contribution in [0.15, 0.2) is 29.1 Å². The van der Waals surface area contributed by atoms with E-state index in [0.717, 1.165) is 57.0 Å². The number of ether oxygens (including phenoxy) is 2. The highest BCUT2D eigenvalue weighted by atomic mass is 16.5. The number of nitrogens with zero attached hydrogens (tertiary/aromatic N) is 5. The molecule has 2 aliphatic rings. The molecule has 1 saturated heterocycles. The summed E-state index contributed by atoms with van der Waals surface area (Å²) >= 11 is 0. The average molecular weight is 425 g/mol. The van der Waals surface area contributed by atoms with Crippen molar-refractivity contribution in [1.82, 2.24) is 29.9 Å². The Kier molecular flexibility index (Phi) is 5.95. The fourth-order valence-electron chi connectivity index (χ4n) is 4.44. The molecule has 1 saturated carbocycles. The van der Waals surface area contributed by atoms with Crippen LogP contribution in [0.5, 0.6) is 5.75 Å².